The molecule has 1 spiro atoms. The van der Waals surface area contributed by atoms with Crippen molar-refractivity contribution < 1.29 is 0 Å². The molecule has 5 heteroatoms. The minimum atomic E-state index is 0.350. The maximum atomic E-state index is 4.74. The number of benzene rings is 1. The van der Waals surface area contributed by atoms with Gasteiger partial charge < -0.3 is 9.88 Å². The zero-order valence-corrected chi connectivity index (χ0v) is 19.0. The molecule has 0 bridgehead atoms. The summed E-state index contributed by atoms with van der Waals surface area (Å²) < 4.78 is 0. The second-order valence-electron chi connectivity index (χ2n) is 9.50. The van der Waals surface area contributed by atoms with Crippen LogP contribution in [0.1, 0.15) is 62.7 Å². The Balaban J connectivity index is 1.29. The summed E-state index contributed by atoms with van der Waals surface area (Å²) in [5.41, 5.74) is 5.21. The molecule has 4 heterocycles. The highest BCUT2D eigenvalue weighted by atomic mass is 15.3. The van der Waals surface area contributed by atoms with E-state index in [1.165, 1.54) is 61.8 Å². The van der Waals surface area contributed by atoms with Crippen LogP contribution in [0.3, 0.4) is 0 Å². The number of hydrogen-bond donors (Lipinski definition) is 1. The van der Waals surface area contributed by atoms with E-state index >= 15 is 0 Å². The molecule has 2 aliphatic rings. The van der Waals surface area contributed by atoms with Crippen molar-refractivity contribution in [2.75, 3.05) is 24.5 Å². The van der Waals surface area contributed by atoms with E-state index in [0.29, 0.717) is 5.54 Å². The summed E-state index contributed by atoms with van der Waals surface area (Å²) in [4.78, 5) is 18.3. The van der Waals surface area contributed by atoms with Crippen LogP contribution in [0.4, 0.5) is 5.69 Å². The number of anilines is 1. The predicted octanol–water partition coefficient (Wildman–Crippen LogP) is 5.24. The van der Waals surface area contributed by atoms with Crippen molar-refractivity contribution in [1.29, 1.82) is 0 Å². The van der Waals surface area contributed by atoms with E-state index in [2.05, 4.69) is 70.1 Å². The van der Waals surface area contributed by atoms with E-state index in [1.807, 2.05) is 0 Å². The van der Waals surface area contributed by atoms with Crippen LogP contribution in [0.25, 0.3) is 10.9 Å². The third-order valence-corrected chi connectivity index (χ3v) is 7.41. The molecule has 0 amide bonds. The largest absolute Gasteiger partial charge is 0.371 e. The summed E-state index contributed by atoms with van der Waals surface area (Å²) in [7, 11) is 0. The Morgan fingerprint density at radius 2 is 1.94 bits per heavy atom. The van der Waals surface area contributed by atoms with Gasteiger partial charge >= 0.3 is 0 Å². The third kappa shape index (κ3) is 4.08. The molecular formula is C26H35N5. The third-order valence-electron chi connectivity index (χ3n) is 7.41. The molecule has 5 rings (SSSR count). The first-order valence-electron chi connectivity index (χ1n) is 12.1. The lowest BCUT2D eigenvalue weighted by molar-refractivity contribution is 0.0986. The molecule has 2 saturated heterocycles. The van der Waals surface area contributed by atoms with Gasteiger partial charge in [-0.15, -0.1) is 0 Å². The fourth-order valence-electron chi connectivity index (χ4n) is 5.68. The van der Waals surface area contributed by atoms with Gasteiger partial charge in [-0.25, -0.2) is 4.98 Å². The van der Waals surface area contributed by atoms with Gasteiger partial charge in [0.15, 0.2) is 0 Å². The number of aromatic amines is 1. The van der Waals surface area contributed by atoms with Gasteiger partial charge in [-0.2, -0.15) is 0 Å². The molecule has 1 aromatic carbocycles. The lowest BCUT2D eigenvalue weighted by atomic mass is 9.84. The Morgan fingerprint density at radius 1 is 1.10 bits per heavy atom. The lowest BCUT2D eigenvalue weighted by Crippen LogP contribution is -2.52. The van der Waals surface area contributed by atoms with E-state index < -0.39 is 0 Å². The molecule has 164 valence electrons. The molecule has 0 saturated carbocycles. The van der Waals surface area contributed by atoms with Gasteiger partial charge in [0.25, 0.3) is 0 Å². The highest BCUT2D eigenvalue weighted by Crippen LogP contribution is 2.41. The highest BCUT2D eigenvalue weighted by molar-refractivity contribution is 5.92. The Hall–Kier alpha value is -2.40. The number of H-pyrrole nitrogens is 1. The summed E-state index contributed by atoms with van der Waals surface area (Å²) in [6.45, 7) is 8.81. The number of pyridine rings is 1. The number of nitrogens with one attached hydrogen (secondary N) is 1. The van der Waals surface area contributed by atoms with Crippen LogP contribution in [0.5, 0.6) is 0 Å². The van der Waals surface area contributed by atoms with Crippen LogP contribution < -0.4 is 4.90 Å². The van der Waals surface area contributed by atoms with Gasteiger partial charge in [0.05, 0.1) is 5.52 Å². The lowest BCUT2D eigenvalue weighted by Gasteiger charge is -2.46. The number of likely N-dealkylation sites (tertiary alicyclic amines) is 1. The van der Waals surface area contributed by atoms with E-state index in [1.54, 1.807) is 0 Å². The zero-order valence-electron chi connectivity index (χ0n) is 19.0. The van der Waals surface area contributed by atoms with Crippen molar-refractivity contribution in [3.05, 3.63) is 53.7 Å². The molecule has 1 N–H and O–H groups in total. The summed E-state index contributed by atoms with van der Waals surface area (Å²) >= 11 is 0. The topological polar surface area (TPSA) is 48.1 Å². The van der Waals surface area contributed by atoms with Crippen molar-refractivity contribution in [1.82, 2.24) is 19.9 Å². The predicted molar refractivity (Wildman–Crippen MR) is 128 cm³/mol. The molecule has 0 unspecified atom stereocenters. The van der Waals surface area contributed by atoms with Crippen molar-refractivity contribution in [3.8, 4) is 0 Å². The van der Waals surface area contributed by atoms with Crippen molar-refractivity contribution in [2.24, 2.45) is 0 Å². The number of hydrogen-bond acceptors (Lipinski definition) is 4. The van der Waals surface area contributed by atoms with E-state index in [9.17, 15) is 0 Å². The smallest absolute Gasteiger partial charge is 0.106 e. The fraction of sp³-hybridized carbons (Fsp3) is 0.538. The molecule has 2 fully saturated rings. The molecule has 3 aromatic rings. The minimum Gasteiger partial charge on any atom is -0.371 e. The molecule has 2 aliphatic heterocycles. The molecule has 31 heavy (non-hydrogen) atoms. The summed E-state index contributed by atoms with van der Waals surface area (Å²) in [5.74, 6) is 1.15. The van der Waals surface area contributed by atoms with Crippen LogP contribution in [0.15, 0.2) is 36.5 Å². The number of nitrogens with zero attached hydrogens (tertiary/aromatic N) is 4. The number of para-hydroxylation sites is 1. The van der Waals surface area contributed by atoms with Gasteiger partial charge in [-0.1, -0.05) is 31.5 Å². The maximum Gasteiger partial charge on any atom is 0.106 e. The standard InChI is InChI=1S/C26H35N5/c1-3-4-10-25-27-18-21(29-25)19-31-14-7-11-26(31)12-15-30(16-13-26)24-17-20(2)28-23-9-6-5-8-22(23)24/h5-6,8-9,17-18H,3-4,7,10-16,19H2,1-2H3,(H,27,29). The number of rotatable bonds is 6. The first-order valence-corrected chi connectivity index (χ1v) is 12.1. The average Bonchev–Trinajstić information content (AvgIpc) is 3.39. The zero-order chi connectivity index (χ0) is 21.3. The Kier molecular flexibility index (Phi) is 5.70. The Labute approximate surface area is 185 Å². The SMILES string of the molecule is CCCCc1ncc(CN2CCCC23CCN(c2cc(C)nc4ccccc24)CC3)[nH]1. The minimum absolute atomic E-state index is 0.350. The summed E-state index contributed by atoms with van der Waals surface area (Å²) in [6, 6.07) is 10.8. The van der Waals surface area contributed by atoms with Gasteiger partial charge in [-0.3, -0.25) is 9.88 Å². The van der Waals surface area contributed by atoms with Crippen LogP contribution in [0.2, 0.25) is 0 Å². The quantitative estimate of drug-likeness (QED) is 0.595. The van der Waals surface area contributed by atoms with Crippen molar-refractivity contribution in [3.63, 3.8) is 0 Å². The fourth-order valence-corrected chi connectivity index (χ4v) is 5.68. The van der Waals surface area contributed by atoms with Crippen LogP contribution >= 0.6 is 0 Å². The van der Waals surface area contributed by atoms with E-state index in [4.69, 9.17) is 4.98 Å². The highest BCUT2D eigenvalue weighted by Gasteiger charge is 2.43. The van der Waals surface area contributed by atoms with Gasteiger partial charge in [0.1, 0.15) is 5.82 Å². The van der Waals surface area contributed by atoms with Crippen molar-refractivity contribution >= 4 is 16.6 Å². The maximum absolute atomic E-state index is 4.74. The molecule has 0 atom stereocenters. The van der Waals surface area contributed by atoms with E-state index in [-0.39, 0.29) is 0 Å². The molecule has 2 aromatic heterocycles. The number of imidazole rings is 1. The van der Waals surface area contributed by atoms with Crippen LogP contribution in [-0.4, -0.2) is 45.0 Å². The Morgan fingerprint density at radius 3 is 2.77 bits per heavy atom. The second-order valence-corrected chi connectivity index (χ2v) is 9.50. The number of aromatic nitrogens is 3. The Bertz CT molecular complexity index is 1030. The van der Waals surface area contributed by atoms with Gasteiger partial charge in [0, 0.05) is 60.3 Å². The molecule has 0 radical (unpaired) electrons. The van der Waals surface area contributed by atoms with Crippen LogP contribution in [-0.2, 0) is 13.0 Å². The second kappa shape index (κ2) is 8.62. The van der Waals surface area contributed by atoms with Crippen LogP contribution in [0, 0.1) is 6.92 Å². The first kappa shape index (κ1) is 20.5. The van der Waals surface area contributed by atoms with Gasteiger partial charge in [0.2, 0.25) is 0 Å². The molecule has 5 nitrogen and oxygen atoms in total. The number of unbranched alkanes of at least 4 members (excludes halogenated alkanes) is 1. The number of fused-ring (bicyclic) bond motifs is 1. The normalized spacial score (nSPS) is 19.0. The summed E-state index contributed by atoms with van der Waals surface area (Å²) in [5, 5.41) is 1.28. The average molecular weight is 418 g/mol. The van der Waals surface area contributed by atoms with Gasteiger partial charge in [-0.05, 0) is 57.7 Å². The number of aryl methyl sites for hydroxylation is 2. The van der Waals surface area contributed by atoms with Crippen molar-refractivity contribution in [2.45, 2.75) is 70.9 Å². The number of piperidine rings is 1. The monoisotopic (exact) mass is 417 g/mol. The molecular weight excluding hydrogens is 382 g/mol. The molecule has 0 aliphatic carbocycles. The van der Waals surface area contributed by atoms with E-state index in [0.717, 1.165) is 43.1 Å². The first-order chi connectivity index (χ1) is 15.2. The summed E-state index contributed by atoms with van der Waals surface area (Å²) in [6.07, 6.45) is 10.7.